The number of hydrogen-bond donors (Lipinski definition) is 0. The number of rotatable bonds is 7. The molecule has 0 aliphatic carbocycles. The molecule has 110 valence electrons. The summed E-state index contributed by atoms with van der Waals surface area (Å²) in [5, 5.41) is 0. The zero-order chi connectivity index (χ0) is 15.1. The van der Waals surface area contributed by atoms with E-state index in [1.54, 1.807) is 12.1 Å². The molecule has 21 heavy (non-hydrogen) atoms. The SMILES string of the molecule is C=CCN(Cc1ccccc1)Cc1ccc(C(=O)OC)o1. The molecule has 0 aliphatic heterocycles. The molecular formula is C17H19NO3. The number of benzene rings is 1. The minimum atomic E-state index is -0.459. The Morgan fingerprint density at radius 2 is 2.00 bits per heavy atom. The van der Waals surface area contributed by atoms with E-state index >= 15 is 0 Å². The average molecular weight is 285 g/mol. The predicted molar refractivity (Wildman–Crippen MR) is 80.8 cm³/mol. The van der Waals surface area contributed by atoms with Crippen LogP contribution in [0.3, 0.4) is 0 Å². The lowest BCUT2D eigenvalue weighted by Gasteiger charge is -2.19. The second-order valence-corrected chi connectivity index (χ2v) is 4.70. The van der Waals surface area contributed by atoms with Crippen LogP contribution in [0, 0.1) is 0 Å². The molecular weight excluding hydrogens is 266 g/mol. The third kappa shape index (κ3) is 4.33. The van der Waals surface area contributed by atoms with Gasteiger partial charge in [0.1, 0.15) is 5.76 Å². The van der Waals surface area contributed by atoms with Crippen LogP contribution in [0.15, 0.2) is 59.5 Å². The first-order valence-electron chi connectivity index (χ1n) is 6.77. The number of esters is 1. The van der Waals surface area contributed by atoms with Crippen LogP contribution in [0.5, 0.6) is 0 Å². The Hall–Kier alpha value is -2.33. The van der Waals surface area contributed by atoms with E-state index in [1.165, 1.54) is 12.7 Å². The Balaban J connectivity index is 2.04. The maximum absolute atomic E-state index is 11.4. The molecule has 0 aliphatic rings. The summed E-state index contributed by atoms with van der Waals surface area (Å²) in [4.78, 5) is 13.6. The van der Waals surface area contributed by atoms with E-state index in [9.17, 15) is 4.79 Å². The van der Waals surface area contributed by atoms with Crippen molar-refractivity contribution >= 4 is 5.97 Å². The van der Waals surface area contributed by atoms with Gasteiger partial charge in [0.15, 0.2) is 0 Å². The molecule has 0 N–H and O–H groups in total. The Bertz CT molecular complexity index is 589. The number of hydrogen-bond acceptors (Lipinski definition) is 4. The molecule has 0 saturated heterocycles. The molecule has 4 nitrogen and oxygen atoms in total. The van der Waals surface area contributed by atoms with Crippen LogP contribution in [-0.4, -0.2) is 24.5 Å². The Morgan fingerprint density at radius 3 is 2.67 bits per heavy atom. The minimum Gasteiger partial charge on any atom is -0.463 e. The van der Waals surface area contributed by atoms with Crippen molar-refractivity contribution in [3.63, 3.8) is 0 Å². The molecule has 0 atom stereocenters. The number of carbonyl (C=O) groups excluding carboxylic acids is 1. The molecule has 1 heterocycles. The van der Waals surface area contributed by atoms with Crippen LogP contribution in [0.1, 0.15) is 21.9 Å². The maximum Gasteiger partial charge on any atom is 0.373 e. The zero-order valence-corrected chi connectivity index (χ0v) is 12.1. The van der Waals surface area contributed by atoms with Gasteiger partial charge in [0.05, 0.1) is 13.7 Å². The van der Waals surface area contributed by atoms with Crippen molar-refractivity contribution in [1.29, 1.82) is 0 Å². The Morgan fingerprint density at radius 1 is 1.24 bits per heavy atom. The molecule has 2 aromatic rings. The van der Waals surface area contributed by atoms with Crippen molar-refractivity contribution in [2.24, 2.45) is 0 Å². The molecule has 2 rings (SSSR count). The first-order chi connectivity index (χ1) is 10.2. The molecule has 0 fully saturated rings. The van der Waals surface area contributed by atoms with Crippen molar-refractivity contribution in [1.82, 2.24) is 4.90 Å². The fraction of sp³-hybridized carbons (Fsp3) is 0.235. The monoisotopic (exact) mass is 285 g/mol. The fourth-order valence-corrected chi connectivity index (χ4v) is 2.10. The topological polar surface area (TPSA) is 42.7 Å². The van der Waals surface area contributed by atoms with Crippen molar-refractivity contribution in [3.8, 4) is 0 Å². The van der Waals surface area contributed by atoms with Crippen LogP contribution >= 0.6 is 0 Å². The summed E-state index contributed by atoms with van der Waals surface area (Å²) in [7, 11) is 1.34. The van der Waals surface area contributed by atoms with E-state index in [0.717, 1.165) is 18.8 Å². The number of carbonyl (C=O) groups is 1. The third-order valence-corrected chi connectivity index (χ3v) is 3.06. The van der Waals surface area contributed by atoms with Gasteiger partial charge in [-0.3, -0.25) is 4.90 Å². The van der Waals surface area contributed by atoms with E-state index in [1.807, 2.05) is 24.3 Å². The second-order valence-electron chi connectivity index (χ2n) is 4.70. The van der Waals surface area contributed by atoms with Crippen molar-refractivity contribution in [2.45, 2.75) is 13.1 Å². The van der Waals surface area contributed by atoms with E-state index in [-0.39, 0.29) is 5.76 Å². The summed E-state index contributed by atoms with van der Waals surface area (Å²) in [6.07, 6.45) is 1.85. The number of ether oxygens (including phenoxy) is 1. The molecule has 0 spiro atoms. The van der Waals surface area contributed by atoms with Gasteiger partial charge in [-0.2, -0.15) is 0 Å². The summed E-state index contributed by atoms with van der Waals surface area (Å²) in [6, 6.07) is 13.6. The molecule has 0 saturated carbocycles. The zero-order valence-electron chi connectivity index (χ0n) is 12.1. The third-order valence-electron chi connectivity index (χ3n) is 3.06. The van der Waals surface area contributed by atoms with Crippen LogP contribution in [0.4, 0.5) is 0 Å². The van der Waals surface area contributed by atoms with Crippen molar-refractivity contribution in [2.75, 3.05) is 13.7 Å². The van der Waals surface area contributed by atoms with Gasteiger partial charge in [-0.25, -0.2) is 4.79 Å². The van der Waals surface area contributed by atoms with Crippen molar-refractivity contribution < 1.29 is 13.9 Å². The summed E-state index contributed by atoms with van der Waals surface area (Å²) >= 11 is 0. The van der Waals surface area contributed by atoms with Gasteiger partial charge in [-0.15, -0.1) is 6.58 Å². The lowest BCUT2D eigenvalue weighted by molar-refractivity contribution is 0.0561. The largest absolute Gasteiger partial charge is 0.463 e. The smallest absolute Gasteiger partial charge is 0.373 e. The summed E-state index contributed by atoms with van der Waals surface area (Å²) in [5.74, 6) is 0.499. The van der Waals surface area contributed by atoms with Gasteiger partial charge < -0.3 is 9.15 Å². The highest BCUT2D eigenvalue weighted by molar-refractivity contribution is 5.86. The van der Waals surface area contributed by atoms with Crippen LogP contribution in [-0.2, 0) is 17.8 Å². The minimum absolute atomic E-state index is 0.228. The quantitative estimate of drug-likeness (QED) is 0.578. The van der Waals surface area contributed by atoms with Crippen LogP contribution < -0.4 is 0 Å². The van der Waals surface area contributed by atoms with Crippen LogP contribution in [0.25, 0.3) is 0 Å². The van der Waals surface area contributed by atoms with Gasteiger partial charge in [-0.1, -0.05) is 36.4 Å². The van der Waals surface area contributed by atoms with E-state index in [2.05, 4.69) is 28.3 Å². The lowest BCUT2D eigenvalue weighted by Crippen LogP contribution is -2.22. The molecule has 1 aromatic carbocycles. The van der Waals surface area contributed by atoms with E-state index in [0.29, 0.717) is 6.54 Å². The fourth-order valence-electron chi connectivity index (χ4n) is 2.10. The molecule has 0 unspecified atom stereocenters. The molecule has 0 radical (unpaired) electrons. The van der Waals surface area contributed by atoms with Crippen molar-refractivity contribution in [3.05, 3.63) is 72.2 Å². The molecule has 0 bridgehead atoms. The molecule has 1 aromatic heterocycles. The standard InChI is InChI=1S/C17H19NO3/c1-3-11-18(12-14-7-5-4-6-8-14)13-15-9-10-16(21-15)17(19)20-2/h3-10H,1,11-13H2,2H3. The number of methoxy groups -OCH3 is 1. The maximum atomic E-state index is 11.4. The predicted octanol–water partition coefficient (Wildman–Crippen LogP) is 3.25. The number of furan rings is 1. The highest BCUT2D eigenvalue weighted by atomic mass is 16.5. The van der Waals surface area contributed by atoms with E-state index in [4.69, 9.17) is 4.42 Å². The molecule has 4 heteroatoms. The highest BCUT2D eigenvalue weighted by Gasteiger charge is 2.13. The first kappa shape index (κ1) is 15.1. The highest BCUT2D eigenvalue weighted by Crippen LogP contribution is 2.14. The van der Waals surface area contributed by atoms with Gasteiger partial charge in [0.2, 0.25) is 5.76 Å². The van der Waals surface area contributed by atoms with Gasteiger partial charge >= 0.3 is 5.97 Å². The normalized spacial score (nSPS) is 10.6. The lowest BCUT2D eigenvalue weighted by atomic mass is 10.2. The Labute approximate surface area is 124 Å². The number of nitrogens with zero attached hydrogens (tertiary/aromatic N) is 1. The first-order valence-corrected chi connectivity index (χ1v) is 6.77. The molecule has 0 amide bonds. The average Bonchev–Trinajstić information content (AvgIpc) is 2.96. The summed E-state index contributed by atoms with van der Waals surface area (Å²) in [5.41, 5.74) is 1.22. The van der Waals surface area contributed by atoms with E-state index < -0.39 is 5.97 Å². The van der Waals surface area contributed by atoms with Gasteiger partial charge in [0.25, 0.3) is 0 Å². The van der Waals surface area contributed by atoms with Gasteiger partial charge in [-0.05, 0) is 17.7 Å². The summed E-state index contributed by atoms with van der Waals surface area (Å²) < 4.78 is 10.1. The second kappa shape index (κ2) is 7.45. The summed E-state index contributed by atoms with van der Waals surface area (Å²) in [6.45, 7) is 5.93. The Kier molecular flexibility index (Phi) is 5.35. The van der Waals surface area contributed by atoms with Gasteiger partial charge in [0, 0.05) is 13.1 Å². The van der Waals surface area contributed by atoms with Crippen LogP contribution in [0.2, 0.25) is 0 Å².